The molecule has 1 amide bonds. The minimum absolute atomic E-state index is 0.0945. The molecule has 1 aliphatic heterocycles. The summed E-state index contributed by atoms with van der Waals surface area (Å²) in [6.45, 7) is 8.43. The van der Waals surface area contributed by atoms with E-state index in [-0.39, 0.29) is 12.5 Å². The van der Waals surface area contributed by atoms with E-state index in [0.29, 0.717) is 6.04 Å². The zero-order valence-electron chi connectivity index (χ0n) is 12.5. The quantitative estimate of drug-likeness (QED) is 0.855. The van der Waals surface area contributed by atoms with Crippen LogP contribution in [-0.2, 0) is 4.79 Å². The molecule has 1 heterocycles. The van der Waals surface area contributed by atoms with Crippen molar-refractivity contribution in [3.05, 3.63) is 30.3 Å². The zero-order valence-corrected chi connectivity index (χ0v) is 12.5. The van der Waals surface area contributed by atoms with E-state index in [1.807, 2.05) is 35.2 Å². The first-order chi connectivity index (χ1) is 9.70. The van der Waals surface area contributed by atoms with Gasteiger partial charge in [-0.25, -0.2) is 0 Å². The first-order valence-corrected chi connectivity index (χ1v) is 7.51. The van der Waals surface area contributed by atoms with E-state index in [1.165, 1.54) is 6.42 Å². The summed E-state index contributed by atoms with van der Waals surface area (Å²) in [7, 11) is 0. The molecule has 20 heavy (non-hydrogen) atoms. The number of nitrogens with one attached hydrogen (secondary N) is 1. The van der Waals surface area contributed by atoms with Crippen LogP contribution in [-0.4, -0.2) is 49.6 Å². The number of ether oxygens (including phenoxy) is 1. The number of hydrogen-bond acceptors (Lipinski definition) is 2. The van der Waals surface area contributed by atoms with E-state index in [1.54, 1.807) is 4.90 Å². The number of rotatable bonds is 5. The number of piperazine rings is 1. The Morgan fingerprint density at radius 2 is 1.95 bits per heavy atom. The predicted molar refractivity (Wildman–Crippen MR) is 79.0 cm³/mol. The second kappa shape index (κ2) is 7.29. The molecule has 1 atom stereocenters. The fourth-order valence-corrected chi connectivity index (χ4v) is 2.58. The molecule has 0 radical (unpaired) electrons. The molecule has 0 bridgehead atoms. The normalized spacial score (nSPS) is 17.8. The Balaban J connectivity index is 1.75. The number of carbonyl (C=O) groups excluding carboxylic acids is 1. The first-order valence-electron chi connectivity index (χ1n) is 7.51. The van der Waals surface area contributed by atoms with Crippen LogP contribution in [0.4, 0.5) is 0 Å². The van der Waals surface area contributed by atoms with Crippen molar-refractivity contribution in [3.8, 4) is 5.75 Å². The Kier molecular flexibility index (Phi) is 5.41. The fraction of sp³-hybridized carbons (Fsp3) is 0.562. The molecular weight excluding hydrogens is 252 g/mol. The minimum Gasteiger partial charge on any atom is -0.484 e. The SMILES string of the molecule is CC[C@@H](C)[NH+]1CCN(C(=O)COc2ccccc2)CC1. The van der Waals surface area contributed by atoms with Gasteiger partial charge >= 0.3 is 0 Å². The van der Waals surface area contributed by atoms with Crippen LogP contribution in [0.3, 0.4) is 0 Å². The highest BCUT2D eigenvalue weighted by atomic mass is 16.5. The summed E-state index contributed by atoms with van der Waals surface area (Å²) in [6.07, 6.45) is 1.19. The molecule has 0 unspecified atom stereocenters. The molecule has 1 aromatic carbocycles. The summed E-state index contributed by atoms with van der Waals surface area (Å²) in [4.78, 5) is 15.6. The van der Waals surface area contributed by atoms with Gasteiger partial charge in [-0.2, -0.15) is 0 Å². The van der Waals surface area contributed by atoms with Crippen molar-refractivity contribution in [2.45, 2.75) is 26.3 Å². The summed E-state index contributed by atoms with van der Waals surface area (Å²) in [5.41, 5.74) is 0. The lowest BCUT2D eigenvalue weighted by atomic mass is 10.2. The molecule has 1 N–H and O–H groups in total. The second-order valence-electron chi connectivity index (χ2n) is 5.45. The minimum atomic E-state index is 0.0945. The van der Waals surface area contributed by atoms with E-state index in [0.717, 1.165) is 31.9 Å². The lowest BCUT2D eigenvalue weighted by molar-refractivity contribution is -0.927. The lowest BCUT2D eigenvalue weighted by Gasteiger charge is -2.35. The average Bonchev–Trinajstić information content (AvgIpc) is 2.53. The van der Waals surface area contributed by atoms with Crippen LogP contribution in [0.2, 0.25) is 0 Å². The van der Waals surface area contributed by atoms with E-state index < -0.39 is 0 Å². The largest absolute Gasteiger partial charge is 0.484 e. The van der Waals surface area contributed by atoms with Crippen molar-refractivity contribution in [1.82, 2.24) is 4.90 Å². The molecule has 4 nitrogen and oxygen atoms in total. The Morgan fingerprint density at radius 3 is 2.55 bits per heavy atom. The summed E-state index contributed by atoms with van der Waals surface area (Å²) in [5.74, 6) is 0.849. The van der Waals surface area contributed by atoms with Crippen LogP contribution in [0.25, 0.3) is 0 Å². The number of hydrogen-bond donors (Lipinski definition) is 1. The van der Waals surface area contributed by atoms with Crippen LogP contribution in [0.1, 0.15) is 20.3 Å². The first kappa shape index (κ1) is 14.9. The van der Waals surface area contributed by atoms with Gasteiger partial charge in [0.25, 0.3) is 5.91 Å². The maximum atomic E-state index is 12.1. The molecule has 1 saturated heterocycles. The molecule has 0 aliphatic carbocycles. The third-order valence-corrected chi connectivity index (χ3v) is 4.17. The number of benzene rings is 1. The molecule has 2 rings (SSSR count). The molecule has 4 heteroatoms. The number of carbonyl (C=O) groups is 1. The standard InChI is InChI=1S/C16H24N2O2/c1-3-14(2)17-9-11-18(12-10-17)16(19)13-20-15-7-5-4-6-8-15/h4-8,14H,3,9-13H2,1-2H3/p+1/t14-/m1/s1. The number of quaternary nitrogens is 1. The van der Waals surface area contributed by atoms with Gasteiger partial charge in [0.15, 0.2) is 6.61 Å². The maximum absolute atomic E-state index is 12.1. The third-order valence-electron chi connectivity index (χ3n) is 4.17. The van der Waals surface area contributed by atoms with Crippen LogP contribution in [0, 0.1) is 0 Å². The second-order valence-corrected chi connectivity index (χ2v) is 5.45. The Bertz CT molecular complexity index is 414. The van der Waals surface area contributed by atoms with Crippen LogP contribution in [0.5, 0.6) is 5.75 Å². The monoisotopic (exact) mass is 277 g/mol. The Hall–Kier alpha value is -1.55. The average molecular weight is 277 g/mol. The van der Waals surface area contributed by atoms with E-state index >= 15 is 0 Å². The van der Waals surface area contributed by atoms with Gasteiger partial charge in [0.05, 0.1) is 32.2 Å². The molecule has 0 aromatic heterocycles. The van der Waals surface area contributed by atoms with Crippen LogP contribution < -0.4 is 9.64 Å². The van der Waals surface area contributed by atoms with Gasteiger partial charge in [-0.15, -0.1) is 0 Å². The van der Waals surface area contributed by atoms with Crippen molar-refractivity contribution < 1.29 is 14.4 Å². The van der Waals surface area contributed by atoms with Crippen molar-refractivity contribution >= 4 is 5.91 Å². The highest BCUT2D eigenvalue weighted by molar-refractivity contribution is 5.77. The summed E-state index contributed by atoms with van der Waals surface area (Å²) in [5, 5.41) is 0. The topological polar surface area (TPSA) is 34.0 Å². The highest BCUT2D eigenvalue weighted by Crippen LogP contribution is 2.08. The number of para-hydroxylation sites is 1. The molecule has 0 saturated carbocycles. The summed E-state index contributed by atoms with van der Waals surface area (Å²) < 4.78 is 5.52. The van der Waals surface area contributed by atoms with Gasteiger partial charge in [0.1, 0.15) is 5.75 Å². The summed E-state index contributed by atoms with van der Waals surface area (Å²) >= 11 is 0. The smallest absolute Gasteiger partial charge is 0.260 e. The molecule has 1 fully saturated rings. The van der Waals surface area contributed by atoms with Gasteiger partial charge in [-0.1, -0.05) is 25.1 Å². The fourth-order valence-electron chi connectivity index (χ4n) is 2.58. The Labute approximate surface area is 121 Å². The van der Waals surface area contributed by atoms with Gasteiger partial charge in [0, 0.05) is 0 Å². The number of amides is 1. The van der Waals surface area contributed by atoms with Gasteiger partial charge in [0.2, 0.25) is 0 Å². The molecule has 1 aliphatic rings. The van der Waals surface area contributed by atoms with Crippen molar-refractivity contribution in [1.29, 1.82) is 0 Å². The van der Waals surface area contributed by atoms with Crippen LogP contribution >= 0.6 is 0 Å². The predicted octanol–water partition coefficient (Wildman–Crippen LogP) is 0.591. The van der Waals surface area contributed by atoms with Crippen molar-refractivity contribution in [3.63, 3.8) is 0 Å². The van der Waals surface area contributed by atoms with Crippen LogP contribution in [0.15, 0.2) is 30.3 Å². The zero-order chi connectivity index (χ0) is 14.4. The number of nitrogens with zero attached hydrogens (tertiary/aromatic N) is 1. The maximum Gasteiger partial charge on any atom is 0.260 e. The lowest BCUT2D eigenvalue weighted by Crippen LogP contribution is -3.17. The molecular formula is C16H25N2O2+. The van der Waals surface area contributed by atoms with Gasteiger partial charge < -0.3 is 14.5 Å². The molecule has 110 valence electrons. The van der Waals surface area contributed by atoms with E-state index in [9.17, 15) is 4.79 Å². The third kappa shape index (κ3) is 3.97. The summed E-state index contributed by atoms with van der Waals surface area (Å²) in [6, 6.07) is 10.2. The van der Waals surface area contributed by atoms with Gasteiger partial charge in [-0.05, 0) is 25.5 Å². The van der Waals surface area contributed by atoms with E-state index in [4.69, 9.17) is 4.74 Å². The highest BCUT2D eigenvalue weighted by Gasteiger charge is 2.26. The van der Waals surface area contributed by atoms with Crippen molar-refractivity contribution in [2.24, 2.45) is 0 Å². The Morgan fingerprint density at radius 1 is 1.30 bits per heavy atom. The van der Waals surface area contributed by atoms with Gasteiger partial charge in [-0.3, -0.25) is 4.79 Å². The molecule has 1 aromatic rings. The molecule has 0 spiro atoms. The van der Waals surface area contributed by atoms with E-state index in [2.05, 4.69) is 13.8 Å². The van der Waals surface area contributed by atoms with Crippen molar-refractivity contribution in [2.75, 3.05) is 32.8 Å².